The van der Waals surface area contributed by atoms with Crippen LogP contribution in [0.25, 0.3) is 0 Å². The average Bonchev–Trinajstić information content (AvgIpc) is 3.17. The van der Waals surface area contributed by atoms with Crippen LogP contribution in [-0.4, -0.2) is 60.4 Å². The Bertz CT molecular complexity index is 622. The van der Waals surface area contributed by atoms with Crippen LogP contribution in [0.1, 0.15) is 37.4 Å². The summed E-state index contributed by atoms with van der Waals surface area (Å²) in [6.07, 6.45) is 8.63. The van der Waals surface area contributed by atoms with Crippen LogP contribution < -0.4 is 0 Å². The van der Waals surface area contributed by atoms with Gasteiger partial charge in [0.15, 0.2) is 0 Å². The van der Waals surface area contributed by atoms with Crippen molar-refractivity contribution in [3.63, 3.8) is 0 Å². The van der Waals surface area contributed by atoms with Crippen molar-refractivity contribution < 1.29 is 13.2 Å². The molecule has 130 valence electrons. The van der Waals surface area contributed by atoms with E-state index in [-0.39, 0.29) is 6.04 Å². The zero-order valence-corrected chi connectivity index (χ0v) is 14.7. The Hall–Kier alpha value is -0.960. The molecular formula is C15H26N4O3S. The summed E-state index contributed by atoms with van der Waals surface area (Å²) in [5.74, 6) is 0.669. The first-order chi connectivity index (χ1) is 11.0. The highest BCUT2D eigenvalue weighted by atomic mass is 32.2. The standard InChI is InChI=1S/C15H26N4O3S/c1-17(2)23(20,21)18-8-14-7-16-12-19(14)15(9-18)11-22-10-13-5-3-4-6-13/h7,12-13,15H,3-6,8-11H2,1-2H3/t15-/m1/s1. The minimum absolute atomic E-state index is 0.0163. The van der Waals surface area contributed by atoms with Gasteiger partial charge in [0, 0.05) is 33.4 Å². The number of imidazole rings is 1. The smallest absolute Gasteiger partial charge is 0.281 e. The highest BCUT2D eigenvalue weighted by molar-refractivity contribution is 7.86. The summed E-state index contributed by atoms with van der Waals surface area (Å²) in [5, 5.41) is 0. The number of hydrogen-bond acceptors (Lipinski definition) is 4. The van der Waals surface area contributed by atoms with Gasteiger partial charge in [0.25, 0.3) is 10.2 Å². The number of hydrogen-bond donors (Lipinski definition) is 0. The second-order valence-corrected chi connectivity index (χ2v) is 8.86. The molecule has 7 nitrogen and oxygen atoms in total. The van der Waals surface area contributed by atoms with Crippen molar-refractivity contribution in [2.75, 3.05) is 33.9 Å². The molecule has 0 spiro atoms. The zero-order chi connectivity index (χ0) is 16.4. The first-order valence-electron chi connectivity index (χ1n) is 8.24. The van der Waals surface area contributed by atoms with E-state index >= 15 is 0 Å². The van der Waals surface area contributed by atoms with E-state index in [2.05, 4.69) is 9.55 Å². The quantitative estimate of drug-likeness (QED) is 0.780. The van der Waals surface area contributed by atoms with E-state index in [0.29, 0.717) is 25.6 Å². The summed E-state index contributed by atoms with van der Waals surface area (Å²) < 4.78 is 35.6. The molecule has 0 saturated heterocycles. The van der Waals surface area contributed by atoms with E-state index < -0.39 is 10.2 Å². The summed E-state index contributed by atoms with van der Waals surface area (Å²) in [5.41, 5.74) is 0.913. The summed E-state index contributed by atoms with van der Waals surface area (Å²) in [6, 6.07) is -0.0163. The van der Waals surface area contributed by atoms with E-state index in [1.54, 1.807) is 26.6 Å². The van der Waals surface area contributed by atoms with Gasteiger partial charge in [-0.25, -0.2) is 4.98 Å². The van der Waals surface area contributed by atoms with Crippen LogP contribution in [0, 0.1) is 5.92 Å². The third-order valence-corrected chi connectivity index (χ3v) is 6.67. The minimum Gasteiger partial charge on any atom is -0.379 e. The molecule has 1 aliphatic carbocycles. The molecule has 1 aliphatic heterocycles. The van der Waals surface area contributed by atoms with Gasteiger partial charge >= 0.3 is 0 Å². The summed E-state index contributed by atoms with van der Waals surface area (Å²) in [6.45, 7) is 2.09. The molecule has 23 heavy (non-hydrogen) atoms. The third kappa shape index (κ3) is 3.60. The molecule has 0 unspecified atom stereocenters. The van der Waals surface area contributed by atoms with E-state index in [0.717, 1.165) is 12.3 Å². The maximum Gasteiger partial charge on any atom is 0.281 e. The molecule has 2 heterocycles. The molecule has 1 saturated carbocycles. The van der Waals surface area contributed by atoms with Crippen LogP contribution in [0.4, 0.5) is 0 Å². The molecule has 0 N–H and O–H groups in total. The number of fused-ring (bicyclic) bond motifs is 1. The van der Waals surface area contributed by atoms with Crippen LogP contribution >= 0.6 is 0 Å². The predicted molar refractivity (Wildman–Crippen MR) is 87.1 cm³/mol. The third-order valence-electron chi connectivity index (χ3n) is 4.82. The van der Waals surface area contributed by atoms with Crippen molar-refractivity contribution in [3.05, 3.63) is 18.2 Å². The van der Waals surface area contributed by atoms with Gasteiger partial charge in [-0.15, -0.1) is 0 Å². The Morgan fingerprint density at radius 3 is 2.74 bits per heavy atom. The number of aromatic nitrogens is 2. The normalized spacial score (nSPS) is 23.5. The van der Waals surface area contributed by atoms with Gasteiger partial charge < -0.3 is 9.30 Å². The Morgan fingerprint density at radius 2 is 2.04 bits per heavy atom. The van der Waals surface area contributed by atoms with Crippen molar-refractivity contribution >= 4 is 10.2 Å². The highest BCUT2D eigenvalue weighted by Gasteiger charge is 2.33. The maximum atomic E-state index is 12.4. The van der Waals surface area contributed by atoms with Crippen LogP contribution in [0.15, 0.2) is 12.5 Å². The second-order valence-electron chi connectivity index (χ2n) is 6.72. The van der Waals surface area contributed by atoms with Crippen molar-refractivity contribution in [1.82, 2.24) is 18.2 Å². The van der Waals surface area contributed by atoms with Crippen LogP contribution in [0.3, 0.4) is 0 Å². The minimum atomic E-state index is -3.42. The molecule has 8 heteroatoms. The molecule has 1 aromatic rings. The Labute approximate surface area is 138 Å². The molecule has 0 radical (unpaired) electrons. The van der Waals surface area contributed by atoms with E-state index in [4.69, 9.17) is 4.74 Å². The Balaban J connectivity index is 1.66. The average molecular weight is 342 g/mol. The lowest BCUT2D eigenvalue weighted by Crippen LogP contribution is -2.46. The first kappa shape index (κ1) is 16.9. The Morgan fingerprint density at radius 1 is 1.30 bits per heavy atom. The van der Waals surface area contributed by atoms with Gasteiger partial charge in [-0.2, -0.15) is 17.0 Å². The Kier molecular flexibility index (Phi) is 5.05. The fraction of sp³-hybridized carbons (Fsp3) is 0.800. The fourth-order valence-corrected chi connectivity index (χ4v) is 4.56. The molecular weight excluding hydrogens is 316 g/mol. The lowest BCUT2D eigenvalue weighted by molar-refractivity contribution is 0.0628. The molecule has 1 aromatic heterocycles. The molecule has 0 bridgehead atoms. The van der Waals surface area contributed by atoms with Gasteiger partial charge in [0.2, 0.25) is 0 Å². The number of nitrogens with zero attached hydrogens (tertiary/aromatic N) is 4. The largest absolute Gasteiger partial charge is 0.379 e. The monoisotopic (exact) mass is 342 g/mol. The lowest BCUT2D eigenvalue weighted by atomic mass is 10.1. The predicted octanol–water partition coefficient (Wildman–Crippen LogP) is 1.25. The van der Waals surface area contributed by atoms with Gasteiger partial charge in [-0.3, -0.25) is 0 Å². The SMILES string of the molecule is CN(C)S(=O)(=O)N1Cc2cncn2[C@@H](COCC2CCCC2)C1. The summed E-state index contributed by atoms with van der Waals surface area (Å²) in [7, 11) is -0.299. The summed E-state index contributed by atoms with van der Waals surface area (Å²) >= 11 is 0. The molecule has 0 amide bonds. The van der Waals surface area contributed by atoms with Crippen LogP contribution in [0.5, 0.6) is 0 Å². The van der Waals surface area contributed by atoms with Crippen molar-refractivity contribution in [2.45, 2.75) is 38.3 Å². The van der Waals surface area contributed by atoms with E-state index in [1.165, 1.54) is 34.3 Å². The molecule has 1 fully saturated rings. The number of ether oxygens (including phenoxy) is 1. The molecule has 3 rings (SSSR count). The van der Waals surface area contributed by atoms with E-state index in [1.807, 2.05) is 0 Å². The van der Waals surface area contributed by atoms with Gasteiger partial charge in [-0.1, -0.05) is 12.8 Å². The first-order valence-corrected chi connectivity index (χ1v) is 9.64. The van der Waals surface area contributed by atoms with Crippen molar-refractivity contribution in [1.29, 1.82) is 0 Å². The van der Waals surface area contributed by atoms with Crippen molar-refractivity contribution in [2.24, 2.45) is 5.92 Å². The summed E-state index contributed by atoms with van der Waals surface area (Å²) in [4.78, 5) is 4.17. The van der Waals surface area contributed by atoms with Gasteiger partial charge in [0.1, 0.15) is 0 Å². The zero-order valence-electron chi connectivity index (χ0n) is 13.9. The van der Waals surface area contributed by atoms with Gasteiger partial charge in [0.05, 0.1) is 31.2 Å². The molecule has 1 atom stereocenters. The topological polar surface area (TPSA) is 67.7 Å². The van der Waals surface area contributed by atoms with Crippen molar-refractivity contribution in [3.8, 4) is 0 Å². The number of rotatable bonds is 6. The van der Waals surface area contributed by atoms with E-state index in [9.17, 15) is 8.42 Å². The fourth-order valence-electron chi connectivity index (χ4n) is 3.44. The maximum absolute atomic E-state index is 12.4. The van der Waals surface area contributed by atoms with Gasteiger partial charge in [-0.05, 0) is 18.8 Å². The highest BCUT2D eigenvalue weighted by Crippen LogP contribution is 2.27. The second kappa shape index (κ2) is 6.88. The molecule has 0 aromatic carbocycles. The van der Waals surface area contributed by atoms with Crippen LogP contribution in [0.2, 0.25) is 0 Å². The van der Waals surface area contributed by atoms with Crippen LogP contribution in [-0.2, 0) is 21.5 Å². The lowest BCUT2D eigenvalue weighted by Gasteiger charge is -2.35. The molecule has 2 aliphatic rings.